The molecule has 0 spiro atoms. The van der Waals surface area contributed by atoms with Crippen LogP contribution in [-0.4, -0.2) is 20.7 Å². The summed E-state index contributed by atoms with van der Waals surface area (Å²) in [5.74, 6) is -0.698. The molecular formula is C17H18F2O2S. The summed E-state index contributed by atoms with van der Waals surface area (Å²) in [4.78, 5) is 0. The summed E-state index contributed by atoms with van der Waals surface area (Å²) in [6, 6.07) is 11.4. The summed E-state index contributed by atoms with van der Waals surface area (Å²) in [6.45, 7) is 3.16. The lowest BCUT2D eigenvalue weighted by Gasteiger charge is -2.23. The molecule has 22 heavy (non-hydrogen) atoms. The third kappa shape index (κ3) is 4.45. The highest BCUT2D eigenvalue weighted by Crippen LogP contribution is 2.30. The van der Waals surface area contributed by atoms with Crippen molar-refractivity contribution < 1.29 is 18.1 Å². The Morgan fingerprint density at radius 2 is 1.32 bits per heavy atom. The van der Waals surface area contributed by atoms with E-state index in [1.54, 1.807) is 38.1 Å². The molecule has 2 rings (SSSR count). The van der Waals surface area contributed by atoms with E-state index in [1.165, 1.54) is 24.3 Å². The van der Waals surface area contributed by atoms with Crippen molar-refractivity contribution in [2.45, 2.75) is 24.7 Å². The second kappa shape index (κ2) is 6.67. The number of hydrogen-bond donors (Lipinski definition) is 1. The predicted octanol–water partition coefficient (Wildman–Crippen LogP) is 3.57. The summed E-state index contributed by atoms with van der Waals surface area (Å²) in [6.07, 6.45) is 0. The van der Waals surface area contributed by atoms with E-state index in [2.05, 4.69) is 0 Å². The highest BCUT2D eigenvalue weighted by Gasteiger charge is 2.26. The molecule has 0 unspecified atom stereocenters. The molecule has 0 radical (unpaired) electrons. The van der Waals surface area contributed by atoms with E-state index in [9.17, 15) is 18.1 Å². The van der Waals surface area contributed by atoms with E-state index in [0.29, 0.717) is 11.1 Å². The van der Waals surface area contributed by atoms with Crippen LogP contribution >= 0.6 is 0 Å². The molecule has 0 fully saturated rings. The van der Waals surface area contributed by atoms with E-state index in [0.717, 1.165) is 0 Å². The zero-order valence-corrected chi connectivity index (χ0v) is 13.2. The van der Waals surface area contributed by atoms with Gasteiger partial charge in [0, 0.05) is 10.8 Å². The molecule has 5 heteroatoms. The first-order valence-corrected chi connectivity index (χ1v) is 8.25. The van der Waals surface area contributed by atoms with Gasteiger partial charge >= 0.3 is 0 Å². The fourth-order valence-corrected chi connectivity index (χ4v) is 3.99. The predicted molar refractivity (Wildman–Crippen MR) is 84.0 cm³/mol. The van der Waals surface area contributed by atoms with Crippen molar-refractivity contribution in [2.75, 3.05) is 5.75 Å². The third-order valence-electron chi connectivity index (χ3n) is 3.10. The van der Waals surface area contributed by atoms with Crippen LogP contribution in [0, 0.1) is 11.6 Å². The van der Waals surface area contributed by atoms with Gasteiger partial charge in [0.15, 0.2) is 0 Å². The third-order valence-corrected chi connectivity index (χ3v) is 5.16. The Kier molecular flexibility index (Phi) is 5.08. The lowest BCUT2D eigenvalue weighted by atomic mass is 10.0. The summed E-state index contributed by atoms with van der Waals surface area (Å²) >= 11 is 0. The molecule has 0 saturated carbocycles. The van der Waals surface area contributed by atoms with Crippen molar-refractivity contribution >= 4 is 10.8 Å². The first-order chi connectivity index (χ1) is 10.3. The minimum Gasteiger partial charge on any atom is -0.390 e. The molecule has 1 atom stereocenters. The summed E-state index contributed by atoms with van der Waals surface area (Å²) in [5, 5.41) is 9.36. The van der Waals surface area contributed by atoms with Crippen LogP contribution in [0.25, 0.3) is 0 Å². The van der Waals surface area contributed by atoms with Crippen molar-refractivity contribution in [1.82, 2.24) is 0 Å². The van der Waals surface area contributed by atoms with Crippen molar-refractivity contribution in [3.05, 3.63) is 71.3 Å². The first kappa shape index (κ1) is 16.8. The van der Waals surface area contributed by atoms with Gasteiger partial charge in [-0.05, 0) is 49.2 Å². The van der Waals surface area contributed by atoms with Gasteiger partial charge in [0.05, 0.1) is 16.6 Å². The van der Waals surface area contributed by atoms with E-state index in [-0.39, 0.29) is 17.4 Å². The summed E-state index contributed by atoms with van der Waals surface area (Å²) in [7, 11) is -1.44. The van der Waals surface area contributed by atoms with Crippen LogP contribution in [0.3, 0.4) is 0 Å². The number of hydrogen-bond acceptors (Lipinski definition) is 2. The van der Waals surface area contributed by atoms with Crippen LogP contribution in [0.2, 0.25) is 0 Å². The van der Waals surface area contributed by atoms with Crippen LogP contribution in [0.15, 0.2) is 48.5 Å². The molecular weight excluding hydrogens is 306 g/mol. The van der Waals surface area contributed by atoms with Gasteiger partial charge in [0.1, 0.15) is 11.6 Å². The Bertz CT molecular complexity index is 600. The first-order valence-electron chi connectivity index (χ1n) is 6.87. The molecule has 0 aliphatic carbocycles. The second-order valence-electron chi connectivity index (χ2n) is 5.82. The Morgan fingerprint density at radius 1 is 0.955 bits per heavy atom. The Hall–Kier alpha value is -1.59. The van der Waals surface area contributed by atoms with Crippen LogP contribution in [0.5, 0.6) is 0 Å². The molecule has 1 N–H and O–H groups in total. The van der Waals surface area contributed by atoms with Crippen molar-refractivity contribution in [3.8, 4) is 0 Å². The van der Waals surface area contributed by atoms with Crippen LogP contribution < -0.4 is 0 Å². The molecule has 0 heterocycles. The van der Waals surface area contributed by atoms with Gasteiger partial charge in [-0.25, -0.2) is 8.78 Å². The van der Waals surface area contributed by atoms with Gasteiger partial charge in [-0.3, -0.25) is 4.21 Å². The molecule has 0 aliphatic heterocycles. The van der Waals surface area contributed by atoms with E-state index in [4.69, 9.17) is 0 Å². The van der Waals surface area contributed by atoms with Gasteiger partial charge in [-0.15, -0.1) is 0 Å². The van der Waals surface area contributed by atoms with Crippen molar-refractivity contribution in [2.24, 2.45) is 0 Å². The summed E-state index contributed by atoms with van der Waals surface area (Å²) in [5.41, 5.74) is 0.231. The maximum absolute atomic E-state index is 13.1. The molecule has 0 aliphatic rings. The molecule has 2 aromatic carbocycles. The van der Waals surface area contributed by atoms with Gasteiger partial charge in [0.2, 0.25) is 0 Å². The summed E-state index contributed by atoms with van der Waals surface area (Å²) < 4.78 is 38.9. The van der Waals surface area contributed by atoms with E-state index >= 15 is 0 Å². The highest BCUT2D eigenvalue weighted by atomic mass is 32.2. The molecule has 0 aromatic heterocycles. The largest absolute Gasteiger partial charge is 0.390 e. The fraction of sp³-hybridized carbons (Fsp3) is 0.294. The van der Waals surface area contributed by atoms with Gasteiger partial charge in [-0.1, -0.05) is 24.3 Å². The van der Waals surface area contributed by atoms with Crippen LogP contribution in [0.1, 0.15) is 30.2 Å². The highest BCUT2D eigenvalue weighted by molar-refractivity contribution is 7.85. The second-order valence-corrected chi connectivity index (χ2v) is 7.34. The lowest BCUT2D eigenvalue weighted by Crippen LogP contribution is -2.29. The zero-order chi connectivity index (χ0) is 16.3. The van der Waals surface area contributed by atoms with Crippen molar-refractivity contribution in [1.29, 1.82) is 0 Å². The molecule has 118 valence electrons. The topological polar surface area (TPSA) is 37.3 Å². The lowest BCUT2D eigenvalue weighted by molar-refractivity contribution is 0.106. The molecule has 2 aromatic rings. The Balaban J connectivity index is 2.42. The Morgan fingerprint density at radius 3 is 1.64 bits per heavy atom. The number of benzene rings is 2. The maximum Gasteiger partial charge on any atom is 0.123 e. The average molecular weight is 324 g/mol. The minimum atomic E-state index is -1.44. The van der Waals surface area contributed by atoms with Crippen molar-refractivity contribution in [3.63, 3.8) is 0 Å². The smallest absolute Gasteiger partial charge is 0.123 e. The van der Waals surface area contributed by atoms with Crippen LogP contribution in [0.4, 0.5) is 8.78 Å². The SMILES string of the molecule is CC(C)(O)C[S@](=O)C(c1ccc(F)cc1)c1ccc(F)cc1. The van der Waals surface area contributed by atoms with Crippen LogP contribution in [-0.2, 0) is 10.8 Å². The van der Waals surface area contributed by atoms with E-state index in [1.807, 2.05) is 0 Å². The maximum atomic E-state index is 13.1. The molecule has 2 nitrogen and oxygen atoms in total. The van der Waals surface area contributed by atoms with Gasteiger partial charge in [-0.2, -0.15) is 0 Å². The quantitative estimate of drug-likeness (QED) is 0.913. The monoisotopic (exact) mass is 324 g/mol. The molecule has 0 saturated heterocycles. The standard InChI is InChI=1S/C17H18F2O2S/c1-17(2,20)11-22(21)16(12-3-7-14(18)8-4-12)13-5-9-15(19)10-6-13/h3-10,16,20H,11H2,1-2H3/t22-/m0/s1. The van der Waals surface area contributed by atoms with Gasteiger partial charge in [0.25, 0.3) is 0 Å². The zero-order valence-electron chi connectivity index (χ0n) is 12.4. The molecule has 0 amide bonds. The normalized spacial score (nSPS) is 13.4. The fourth-order valence-electron chi connectivity index (χ4n) is 2.20. The Labute approximate surface area is 131 Å². The molecule has 0 bridgehead atoms. The average Bonchev–Trinajstić information content (AvgIpc) is 2.41. The van der Waals surface area contributed by atoms with Gasteiger partial charge < -0.3 is 5.11 Å². The van der Waals surface area contributed by atoms with E-state index < -0.39 is 21.7 Å². The minimum absolute atomic E-state index is 0.0619. The number of aliphatic hydroxyl groups is 1. The number of halogens is 2. The number of rotatable bonds is 5.